The molecule has 0 spiro atoms. The lowest BCUT2D eigenvalue weighted by molar-refractivity contribution is 0.335. The predicted octanol–water partition coefficient (Wildman–Crippen LogP) is 3.49. The Balaban J connectivity index is 1.79. The Bertz CT molecular complexity index is 804. The summed E-state index contributed by atoms with van der Waals surface area (Å²) in [6.07, 6.45) is 0. The molecule has 5 heteroatoms. The fraction of sp³-hybridized carbons (Fsp3) is 0.400. The lowest BCUT2D eigenvalue weighted by Crippen LogP contribution is -2.40. The van der Waals surface area contributed by atoms with Gasteiger partial charge in [-0.25, -0.2) is 0 Å². The molecular formula is C20H26N2O2S. The molecule has 0 radical (unpaired) electrons. The summed E-state index contributed by atoms with van der Waals surface area (Å²) < 4.78 is 29.2. The predicted molar refractivity (Wildman–Crippen MR) is 101 cm³/mol. The number of benzene rings is 2. The summed E-state index contributed by atoms with van der Waals surface area (Å²) in [6, 6.07) is 19.9. The van der Waals surface area contributed by atoms with Crippen LogP contribution in [0.2, 0.25) is 0 Å². The van der Waals surface area contributed by atoms with E-state index in [1.54, 1.807) is 11.4 Å². The van der Waals surface area contributed by atoms with Gasteiger partial charge in [-0.05, 0) is 16.5 Å². The molecule has 1 heterocycles. The smallest absolute Gasteiger partial charge is 0.195 e. The zero-order valence-electron chi connectivity index (χ0n) is 15.1. The van der Waals surface area contributed by atoms with E-state index in [9.17, 15) is 8.42 Å². The highest BCUT2D eigenvalue weighted by Crippen LogP contribution is 2.43. The summed E-state index contributed by atoms with van der Waals surface area (Å²) in [5.74, 6) is 0.202. The topological polar surface area (TPSA) is 40.6 Å². The Morgan fingerprint density at radius 1 is 1.04 bits per heavy atom. The summed E-state index contributed by atoms with van der Waals surface area (Å²) in [4.78, 5) is 0. The van der Waals surface area contributed by atoms with Crippen LogP contribution in [0.1, 0.15) is 30.9 Å². The lowest BCUT2D eigenvalue weighted by atomic mass is 9.78. The van der Waals surface area contributed by atoms with Crippen molar-refractivity contribution >= 4 is 10.2 Å². The molecule has 0 unspecified atom stereocenters. The summed E-state index contributed by atoms with van der Waals surface area (Å²) in [6.45, 7) is 5.75. The largest absolute Gasteiger partial charge is 0.282 e. The average molecular weight is 359 g/mol. The van der Waals surface area contributed by atoms with Crippen LogP contribution in [0.15, 0.2) is 60.7 Å². The molecule has 1 aliphatic heterocycles. The summed E-state index contributed by atoms with van der Waals surface area (Å²) in [5.41, 5.74) is 2.10. The molecule has 3 rings (SSSR count). The van der Waals surface area contributed by atoms with Crippen LogP contribution >= 0.6 is 0 Å². The van der Waals surface area contributed by atoms with E-state index in [1.165, 1.54) is 9.87 Å². The minimum Gasteiger partial charge on any atom is -0.195 e. The Labute approximate surface area is 151 Å². The van der Waals surface area contributed by atoms with Gasteiger partial charge in [0.15, 0.2) is 0 Å². The lowest BCUT2D eigenvalue weighted by Gasteiger charge is -2.26. The van der Waals surface area contributed by atoms with Crippen LogP contribution in [-0.2, 0) is 16.8 Å². The molecule has 25 heavy (non-hydrogen) atoms. The van der Waals surface area contributed by atoms with Gasteiger partial charge in [-0.15, -0.1) is 0 Å². The first-order valence-electron chi connectivity index (χ1n) is 8.61. The third-order valence-electron chi connectivity index (χ3n) is 5.08. The molecule has 134 valence electrons. The van der Waals surface area contributed by atoms with Crippen LogP contribution in [-0.4, -0.2) is 37.2 Å². The molecule has 0 aromatic heterocycles. The first kappa shape index (κ1) is 18.1. The second kappa shape index (κ2) is 6.90. The van der Waals surface area contributed by atoms with Gasteiger partial charge in [0.2, 0.25) is 0 Å². The molecular weight excluding hydrogens is 332 g/mol. The van der Waals surface area contributed by atoms with Crippen molar-refractivity contribution in [2.24, 2.45) is 5.41 Å². The zero-order valence-corrected chi connectivity index (χ0v) is 15.9. The third kappa shape index (κ3) is 3.78. The Hall–Kier alpha value is -1.69. The first-order valence-corrected chi connectivity index (χ1v) is 10.0. The molecule has 2 aromatic carbocycles. The summed E-state index contributed by atoms with van der Waals surface area (Å²) >= 11 is 0. The van der Waals surface area contributed by atoms with E-state index in [0.29, 0.717) is 19.6 Å². The van der Waals surface area contributed by atoms with Gasteiger partial charge >= 0.3 is 0 Å². The molecule has 1 aliphatic rings. The van der Waals surface area contributed by atoms with Gasteiger partial charge in [0.05, 0.1) is 0 Å². The van der Waals surface area contributed by atoms with Crippen molar-refractivity contribution in [2.45, 2.75) is 26.3 Å². The Morgan fingerprint density at radius 3 is 2.20 bits per heavy atom. The van der Waals surface area contributed by atoms with Crippen molar-refractivity contribution in [3.05, 3.63) is 71.8 Å². The maximum atomic E-state index is 13.1. The van der Waals surface area contributed by atoms with Crippen molar-refractivity contribution in [1.82, 2.24) is 8.61 Å². The van der Waals surface area contributed by atoms with Crippen molar-refractivity contribution in [2.75, 3.05) is 20.1 Å². The fourth-order valence-electron chi connectivity index (χ4n) is 3.62. The van der Waals surface area contributed by atoms with Crippen LogP contribution < -0.4 is 0 Å². The zero-order chi connectivity index (χ0) is 18.1. The molecule has 1 saturated heterocycles. The van der Waals surface area contributed by atoms with E-state index in [-0.39, 0.29) is 11.3 Å². The maximum absolute atomic E-state index is 13.1. The monoisotopic (exact) mass is 358 g/mol. The molecule has 4 nitrogen and oxygen atoms in total. The van der Waals surface area contributed by atoms with Gasteiger partial charge in [0.25, 0.3) is 10.2 Å². The van der Waals surface area contributed by atoms with Gasteiger partial charge in [0, 0.05) is 32.6 Å². The summed E-state index contributed by atoms with van der Waals surface area (Å²) in [5, 5.41) is 0. The SMILES string of the molecule is CN(Cc1ccccc1)S(=O)(=O)N1C[C@H](c2ccccc2)C(C)(C)C1. The van der Waals surface area contributed by atoms with Gasteiger partial charge in [0.1, 0.15) is 0 Å². The quantitative estimate of drug-likeness (QED) is 0.821. The molecule has 0 saturated carbocycles. The van der Waals surface area contributed by atoms with Crippen molar-refractivity contribution in [3.63, 3.8) is 0 Å². The molecule has 0 N–H and O–H groups in total. The van der Waals surface area contributed by atoms with E-state index in [4.69, 9.17) is 0 Å². The minimum atomic E-state index is -3.48. The van der Waals surface area contributed by atoms with Crippen LogP contribution in [0, 0.1) is 5.41 Å². The van der Waals surface area contributed by atoms with Crippen LogP contribution in [0.25, 0.3) is 0 Å². The molecule has 2 aromatic rings. The Morgan fingerprint density at radius 2 is 1.60 bits per heavy atom. The van der Waals surface area contributed by atoms with E-state index < -0.39 is 10.2 Å². The molecule has 0 amide bonds. The van der Waals surface area contributed by atoms with Crippen LogP contribution in [0.3, 0.4) is 0 Å². The highest BCUT2D eigenvalue weighted by molar-refractivity contribution is 7.86. The van der Waals surface area contributed by atoms with Gasteiger partial charge in [-0.3, -0.25) is 0 Å². The fourth-order valence-corrected chi connectivity index (χ4v) is 5.16. The van der Waals surface area contributed by atoms with Crippen molar-refractivity contribution in [3.8, 4) is 0 Å². The van der Waals surface area contributed by atoms with Crippen molar-refractivity contribution in [1.29, 1.82) is 0 Å². The van der Waals surface area contributed by atoms with Gasteiger partial charge in [-0.2, -0.15) is 17.0 Å². The van der Waals surface area contributed by atoms with Gasteiger partial charge in [-0.1, -0.05) is 74.5 Å². The molecule has 0 aliphatic carbocycles. The van der Waals surface area contributed by atoms with Gasteiger partial charge < -0.3 is 0 Å². The number of rotatable bonds is 5. The highest BCUT2D eigenvalue weighted by atomic mass is 32.2. The van der Waals surface area contributed by atoms with Crippen LogP contribution in [0.5, 0.6) is 0 Å². The van der Waals surface area contributed by atoms with E-state index in [0.717, 1.165) is 5.56 Å². The van der Waals surface area contributed by atoms with Crippen molar-refractivity contribution < 1.29 is 8.42 Å². The van der Waals surface area contributed by atoms with Crippen LogP contribution in [0.4, 0.5) is 0 Å². The average Bonchev–Trinajstić information content (AvgIpc) is 2.92. The third-order valence-corrected chi connectivity index (χ3v) is 6.93. The number of hydrogen-bond donors (Lipinski definition) is 0. The first-order chi connectivity index (χ1) is 11.8. The highest BCUT2D eigenvalue weighted by Gasteiger charge is 2.45. The second-order valence-electron chi connectivity index (χ2n) is 7.49. The summed E-state index contributed by atoms with van der Waals surface area (Å²) in [7, 11) is -1.82. The minimum absolute atomic E-state index is 0.0952. The Kier molecular flexibility index (Phi) is 5.00. The molecule has 1 atom stereocenters. The number of hydrogen-bond acceptors (Lipinski definition) is 2. The second-order valence-corrected chi connectivity index (χ2v) is 9.53. The number of nitrogens with zero attached hydrogens (tertiary/aromatic N) is 2. The molecule has 0 bridgehead atoms. The van der Waals surface area contributed by atoms with E-state index >= 15 is 0 Å². The standard InChI is InChI=1S/C20H26N2O2S/c1-20(2)16-22(15-19(20)18-12-8-5-9-13-18)25(23,24)21(3)14-17-10-6-4-7-11-17/h4-13,19H,14-16H2,1-3H3/t19-/m1/s1. The van der Waals surface area contributed by atoms with E-state index in [1.807, 2.05) is 48.5 Å². The maximum Gasteiger partial charge on any atom is 0.282 e. The normalized spacial score (nSPS) is 20.9. The van der Waals surface area contributed by atoms with E-state index in [2.05, 4.69) is 26.0 Å². The molecule has 1 fully saturated rings.